The summed E-state index contributed by atoms with van der Waals surface area (Å²) >= 11 is 0. The van der Waals surface area contributed by atoms with Crippen LogP contribution < -0.4 is 0 Å². The fraction of sp³-hybridized carbons (Fsp3) is 0.600. The summed E-state index contributed by atoms with van der Waals surface area (Å²) in [7, 11) is 0. The minimum atomic E-state index is 0.488. The molecule has 1 fully saturated rings. The van der Waals surface area contributed by atoms with Gasteiger partial charge in [0, 0.05) is 16.7 Å². The van der Waals surface area contributed by atoms with Crippen molar-refractivity contribution < 1.29 is 0 Å². The second kappa shape index (κ2) is 1.91. The SMILES string of the molecule is CC12CC34C5CC6=C5C5=CC(C7C(=C(C3)C1=C67)C4)C52C. The molecule has 8 rings (SSSR count). The zero-order valence-electron chi connectivity index (χ0n) is 12.1. The summed E-state index contributed by atoms with van der Waals surface area (Å²) in [6.07, 6.45) is 8.62. The Morgan fingerprint density at radius 3 is 2.90 bits per heavy atom. The molecule has 0 heterocycles. The van der Waals surface area contributed by atoms with Gasteiger partial charge in [0.2, 0.25) is 0 Å². The lowest BCUT2D eigenvalue weighted by atomic mass is 9.38. The molecule has 0 spiro atoms. The van der Waals surface area contributed by atoms with E-state index in [2.05, 4.69) is 19.9 Å². The second-order valence-electron chi connectivity index (χ2n) is 9.45. The van der Waals surface area contributed by atoms with Crippen molar-refractivity contribution in [3.8, 4) is 0 Å². The first-order valence-corrected chi connectivity index (χ1v) is 8.53. The van der Waals surface area contributed by atoms with Gasteiger partial charge in [-0.3, -0.25) is 0 Å². The molecule has 8 aliphatic rings. The molecule has 8 bridgehead atoms. The molecule has 0 saturated heterocycles. The van der Waals surface area contributed by atoms with Gasteiger partial charge in [-0.05, 0) is 76.4 Å². The van der Waals surface area contributed by atoms with Crippen molar-refractivity contribution >= 4 is 0 Å². The van der Waals surface area contributed by atoms with Crippen molar-refractivity contribution in [2.45, 2.75) is 39.5 Å². The largest absolute Gasteiger partial charge is 0.0754 e. The van der Waals surface area contributed by atoms with Gasteiger partial charge in [-0.1, -0.05) is 25.5 Å². The highest BCUT2D eigenvalue weighted by molar-refractivity contribution is 5.80. The lowest BCUT2D eigenvalue weighted by molar-refractivity contribution is -0.0201. The Labute approximate surface area is 119 Å². The maximum Gasteiger partial charge on any atom is 0.0132 e. The highest BCUT2D eigenvalue weighted by Gasteiger charge is 2.79. The minimum absolute atomic E-state index is 0.488. The number of hydrogen-bond acceptors (Lipinski definition) is 0. The zero-order chi connectivity index (χ0) is 12.8. The molecule has 0 N–H and O–H groups in total. The Hall–Kier alpha value is -1.04. The molecule has 6 atom stereocenters. The number of allylic oxidation sites excluding steroid dienone is 8. The normalized spacial score (nSPS) is 63.5. The molecule has 0 heteroatoms. The lowest BCUT2D eigenvalue weighted by Gasteiger charge is -2.64. The molecule has 0 nitrogen and oxygen atoms in total. The summed E-state index contributed by atoms with van der Waals surface area (Å²) in [6.45, 7) is 5.31. The van der Waals surface area contributed by atoms with Gasteiger partial charge >= 0.3 is 0 Å². The van der Waals surface area contributed by atoms with Crippen LogP contribution in [0.2, 0.25) is 0 Å². The van der Waals surface area contributed by atoms with Crippen molar-refractivity contribution in [3.05, 3.63) is 45.1 Å². The van der Waals surface area contributed by atoms with Crippen molar-refractivity contribution in [3.63, 3.8) is 0 Å². The molecular weight excluding hydrogens is 240 g/mol. The predicted octanol–water partition coefficient (Wildman–Crippen LogP) is 4.32. The summed E-state index contributed by atoms with van der Waals surface area (Å²) < 4.78 is 0. The average Bonchev–Trinajstić information content (AvgIpc) is 2.74. The molecule has 20 heavy (non-hydrogen) atoms. The fourth-order valence-electron chi connectivity index (χ4n) is 8.84. The van der Waals surface area contributed by atoms with E-state index in [1.165, 1.54) is 25.7 Å². The third kappa shape index (κ3) is 0.469. The molecule has 98 valence electrons. The standard InChI is InChI=1S/C20H18/c1-18-7-20-5-9-10(6-20)17(18)16-8-3-13(20)14(8)11-4-12(15(9)16)19(11,18)2/h4,12-13,15H,3,5-7H2,1-2H3. The molecule has 1 saturated carbocycles. The third-order valence-corrected chi connectivity index (χ3v) is 9.49. The maximum absolute atomic E-state index is 2.73. The molecule has 6 unspecified atom stereocenters. The quantitative estimate of drug-likeness (QED) is 0.657. The van der Waals surface area contributed by atoms with Crippen LogP contribution in [-0.2, 0) is 0 Å². The molecule has 0 aromatic heterocycles. The predicted molar refractivity (Wildman–Crippen MR) is 76.7 cm³/mol. The summed E-state index contributed by atoms with van der Waals surface area (Å²) in [5, 5.41) is 0. The van der Waals surface area contributed by atoms with Gasteiger partial charge in [0.25, 0.3) is 0 Å². The van der Waals surface area contributed by atoms with Crippen LogP contribution in [0.25, 0.3) is 0 Å². The smallest absolute Gasteiger partial charge is 0.0132 e. The van der Waals surface area contributed by atoms with Crippen molar-refractivity contribution in [1.29, 1.82) is 0 Å². The van der Waals surface area contributed by atoms with E-state index in [1.807, 2.05) is 39.0 Å². The van der Waals surface area contributed by atoms with Gasteiger partial charge in [-0.15, -0.1) is 0 Å². The van der Waals surface area contributed by atoms with E-state index < -0.39 is 0 Å². The molecule has 0 radical (unpaired) electrons. The van der Waals surface area contributed by atoms with Gasteiger partial charge < -0.3 is 0 Å². The number of fused-ring (bicyclic) bond motifs is 1. The summed E-state index contributed by atoms with van der Waals surface area (Å²) in [5.74, 6) is 2.64. The monoisotopic (exact) mass is 258 g/mol. The Morgan fingerprint density at radius 2 is 2.00 bits per heavy atom. The fourth-order valence-corrected chi connectivity index (χ4v) is 8.84. The number of hydrogen-bond donors (Lipinski definition) is 0. The van der Waals surface area contributed by atoms with Crippen molar-refractivity contribution in [2.75, 3.05) is 0 Å². The summed E-state index contributed by atoms with van der Waals surface area (Å²) in [5.41, 5.74) is 14.9. The first kappa shape index (κ1) is 9.07. The van der Waals surface area contributed by atoms with Gasteiger partial charge in [-0.25, -0.2) is 0 Å². The molecule has 8 aliphatic carbocycles. The first-order chi connectivity index (χ1) is 9.60. The van der Waals surface area contributed by atoms with Crippen LogP contribution in [0.15, 0.2) is 45.1 Å². The van der Waals surface area contributed by atoms with Crippen LogP contribution >= 0.6 is 0 Å². The molecule has 0 aromatic rings. The minimum Gasteiger partial charge on any atom is -0.0754 e. The molecule has 0 aromatic carbocycles. The van der Waals surface area contributed by atoms with Crippen LogP contribution in [0.5, 0.6) is 0 Å². The van der Waals surface area contributed by atoms with Gasteiger partial charge in [0.05, 0.1) is 0 Å². The molecule has 0 amide bonds. The summed E-state index contributed by atoms with van der Waals surface area (Å²) in [4.78, 5) is 0. The van der Waals surface area contributed by atoms with Crippen LogP contribution in [0.1, 0.15) is 39.5 Å². The van der Waals surface area contributed by atoms with Crippen LogP contribution in [0.3, 0.4) is 0 Å². The highest BCUT2D eigenvalue weighted by atomic mass is 14.8. The van der Waals surface area contributed by atoms with E-state index in [1.54, 1.807) is 0 Å². The first-order valence-electron chi connectivity index (χ1n) is 8.53. The van der Waals surface area contributed by atoms with Crippen molar-refractivity contribution in [1.82, 2.24) is 0 Å². The molecule has 0 aliphatic heterocycles. The zero-order valence-corrected chi connectivity index (χ0v) is 12.1. The van der Waals surface area contributed by atoms with Crippen molar-refractivity contribution in [2.24, 2.45) is 34.0 Å². The van der Waals surface area contributed by atoms with E-state index in [0.29, 0.717) is 16.2 Å². The lowest BCUT2D eigenvalue weighted by Crippen LogP contribution is -2.57. The Kier molecular flexibility index (Phi) is 0.868. The maximum atomic E-state index is 2.73. The van der Waals surface area contributed by atoms with Gasteiger partial charge in [-0.2, -0.15) is 0 Å². The molecular formula is C20H18. The Morgan fingerprint density at radius 1 is 1.10 bits per heavy atom. The van der Waals surface area contributed by atoms with Gasteiger partial charge in [0.15, 0.2) is 0 Å². The van der Waals surface area contributed by atoms with Crippen LogP contribution in [-0.4, -0.2) is 0 Å². The topological polar surface area (TPSA) is 0 Å². The Balaban J connectivity index is 1.76. The van der Waals surface area contributed by atoms with E-state index in [0.717, 1.165) is 17.8 Å². The van der Waals surface area contributed by atoms with E-state index in [-0.39, 0.29) is 0 Å². The van der Waals surface area contributed by atoms with Crippen LogP contribution in [0.4, 0.5) is 0 Å². The van der Waals surface area contributed by atoms with Gasteiger partial charge in [0.1, 0.15) is 0 Å². The average molecular weight is 258 g/mol. The highest BCUT2D eigenvalue weighted by Crippen LogP contribution is 2.89. The van der Waals surface area contributed by atoms with E-state index in [4.69, 9.17) is 0 Å². The summed E-state index contributed by atoms with van der Waals surface area (Å²) in [6, 6.07) is 0. The number of rotatable bonds is 1. The third-order valence-electron chi connectivity index (χ3n) is 9.49. The van der Waals surface area contributed by atoms with E-state index >= 15 is 0 Å². The second-order valence-corrected chi connectivity index (χ2v) is 9.45. The van der Waals surface area contributed by atoms with Crippen LogP contribution in [0, 0.1) is 34.0 Å². The Bertz CT molecular complexity index is 858. The van der Waals surface area contributed by atoms with E-state index in [9.17, 15) is 0 Å².